The van der Waals surface area contributed by atoms with Crippen LogP contribution < -0.4 is 15.0 Å². The maximum atomic E-state index is 13.1. The molecular formula is C29H36N4O5S. The fourth-order valence-corrected chi connectivity index (χ4v) is 5.73. The number of nitrogens with zero attached hydrogens (tertiary/aromatic N) is 3. The molecule has 1 aliphatic rings. The lowest BCUT2D eigenvalue weighted by Crippen LogP contribution is -2.44. The fourth-order valence-electron chi connectivity index (χ4n) is 4.36. The highest BCUT2D eigenvalue weighted by Crippen LogP contribution is 2.26. The molecule has 0 bridgehead atoms. The molecule has 2 aromatic carbocycles. The van der Waals surface area contributed by atoms with Crippen molar-refractivity contribution >= 4 is 27.4 Å². The number of sulfone groups is 1. The van der Waals surface area contributed by atoms with Gasteiger partial charge in [-0.15, -0.1) is 0 Å². The number of benzene rings is 2. The summed E-state index contributed by atoms with van der Waals surface area (Å²) in [5.41, 5.74) is 1.72. The zero-order valence-corrected chi connectivity index (χ0v) is 23.5. The lowest BCUT2D eigenvalue weighted by molar-refractivity contribution is 0.0985. The quantitative estimate of drug-likeness (QED) is 0.352. The van der Waals surface area contributed by atoms with E-state index in [4.69, 9.17) is 14.5 Å². The monoisotopic (exact) mass is 552 g/mol. The largest absolute Gasteiger partial charge is 0.417 e. The second kappa shape index (κ2) is 13.0. The van der Waals surface area contributed by atoms with Gasteiger partial charge in [0.25, 0.3) is 0 Å². The van der Waals surface area contributed by atoms with Crippen molar-refractivity contribution in [1.82, 2.24) is 9.97 Å². The van der Waals surface area contributed by atoms with Gasteiger partial charge in [-0.25, -0.2) is 23.2 Å². The van der Waals surface area contributed by atoms with E-state index in [0.29, 0.717) is 60.5 Å². The average molecular weight is 553 g/mol. The van der Waals surface area contributed by atoms with E-state index in [-0.39, 0.29) is 11.8 Å². The standard InChI is InChI=1S/C29H36N4O5S/c1-4-5-9-22(3)39(35,36)20-25-18-27(33-16-17-37-19-21(33)2)32-28(30-25)23-12-14-24(15-13-23)31-29(34)38-26-10-7-6-8-11-26/h6-8,10-15,18,21-22H,4-5,9,16-17,19-20H2,1-3H3,(H,31,34)/t21-,22?/m0/s1. The molecule has 2 atom stereocenters. The number of amides is 1. The van der Waals surface area contributed by atoms with Gasteiger partial charge in [0.05, 0.1) is 36.0 Å². The van der Waals surface area contributed by atoms with Crippen molar-refractivity contribution < 1.29 is 22.7 Å². The van der Waals surface area contributed by atoms with Crippen LogP contribution in [0.3, 0.4) is 0 Å². The number of unbranched alkanes of at least 4 members (excludes halogenated alkanes) is 1. The number of carbonyl (C=O) groups is 1. The highest BCUT2D eigenvalue weighted by atomic mass is 32.2. The second-order valence-corrected chi connectivity index (χ2v) is 12.2. The summed E-state index contributed by atoms with van der Waals surface area (Å²) in [6, 6.07) is 17.7. The molecule has 0 radical (unpaired) electrons. The first-order valence-corrected chi connectivity index (χ1v) is 15.0. The van der Waals surface area contributed by atoms with E-state index in [1.54, 1.807) is 61.5 Å². The van der Waals surface area contributed by atoms with Crippen LogP contribution in [-0.4, -0.2) is 55.5 Å². The number of ether oxygens (including phenoxy) is 2. The van der Waals surface area contributed by atoms with Crippen molar-refractivity contribution in [3.63, 3.8) is 0 Å². The number of rotatable bonds is 10. The third-order valence-corrected chi connectivity index (χ3v) is 8.86. The van der Waals surface area contributed by atoms with E-state index in [1.165, 1.54) is 0 Å². The molecule has 1 amide bonds. The summed E-state index contributed by atoms with van der Waals surface area (Å²) in [5, 5.41) is 2.26. The molecule has 9 nitrogen and oxygen atoms in total. The van der Waals surface area contributed by atoms with Crippen LogP contribution in [0.25, 0.3) is 11.4 Å². The molecule has 208 valence electrons. The zero-order valence-electron chi connectivity index (χ0n) is 22.7. The summed E-state index contributed by atoms with van der Waals surface area (Å²) < 4.78 is 37.1. The van der Waals surface area contributed by atoms with Gasteiger partial charge in [0.15, 0.2) is 15.7 Å². The van der Waals surface area contributed by atoms with Crippen LogP contribution in [0, 0.1) is 0 Å². The lowest BCUT2D eigenvalue weighted by Gasteiger charge is -2.34. The van der Waals surface area contributed by atoms with Gasteiger partial charge in [-0.3, -0.25) is 5.32 Å². The minimum absolute atomic E-state index is 0.0941. The van der Waals surface area contributed by atoms with Crippen molar-refractivity contribution in [1.29, 1.82) is 0 Å². The molecule has 4 rings (SSSR count). The Morgan fingerprint density at radius 1 is 1.15 bits per heavy atom. The summed E-state index contributed by atoms with van der Waals surface area (Å²) in [4.78, 5) is 23.8. The number of nitrogens with one attached hydrogen (secondary N) is 1. The lowest BCUT2D eigenvalue weighted by atomic mass is 10.2. The Morgan fingerprint density at radius 2 is 1.90 bits per heavy atom. The number of aromatic nitrogens is 2. The molecule has 0 spiro atoms. The highest BCUT2D eigenvalue weighted by molar-refractivity contribution is 7.91. The Morgan fingerprint density at radius 3 is 2.59 bits per heavy atom. The Labute approximate surface area is 230 Å². The van der Waals surface area contributed by atoms with Gasteiger partial charge in [-0.2, -0.15) is 0 Å². The van der Waals surface area contributed by atoms with Gasteiger partial charge < -0.3 is 14.4 Å². The normalized spacial score (nSPS) is 16.5. The van der Waals surface area contributed by atoms with Crippen LogP contribution in [0.5, 0.6) is 5.75 Å². The Bertz CT molecular complexity index is 1350. The van der Waals surface area contributed by atoms with E-state index >= 15 is 0 Å². The molecule has 39 heavy (non-hydrogen) atoms. The number of morpholine rings is 1. The molecular weight excluding hydrogens is 516 g/mol. The smallest absolute Gasteiger partial charge is 0.410 e. The van der Waals surface area contributed by atoms with E-state index in [0.717, 1.165) is 12.8 Å². The summed E-state index contributed by atoms with van der Waals surface area (Å²) in [5.74, 6) is 1.40. The van der Waals surface area contributed by atoms with Gasteiger partial charge in [0.1, 0.15) is 11.6 Å². The van der Waals surface area contributed by atoms with Crippen molar-refractivity contribution in [2.24, 2.45) is 0 Å². The van der Waals surface area contributed by atoms with Gasteiger partial charge in [-0.05, 0) is 56.7 Å². The number of carbonyl (C=O) groups excluding carboxylic acids is 1. The van der Waals surface area contributed by atoms with Crippen molar-refractivity contribution in [3.05, 3.63) is 66.4 Å². The van der Waals surface area contributed by atoms with Crippen LogP contribution in [-0.2, 0) is 20.3 Å². The second-order valence-electron chi connectivity index (χ2n) is 9.82. The van der Waals surface area contributed by atoms with Gasteiger partial charge in [-0.1, -0.05) is 38.0 Å². The molecule has 0 aliphatic carbocycles. The maximum Gasteiger partial charge on any atom is 0.417 e. The first-order chi connectivity index (χ1) is 18.7. The van der Waals surface area contributed by atoms with E-state index < -0.39 is 21.2 Å². The summed E-state index contributed by atoms with van der Waals surface area (Å²) in [6.45, 7) is 7.68. The minimum Gasteiger partial charge on any atom is -0.410 e. The topological polar surface area (TPSA) is 111 Å². The average Bonchev–Trinajstić information content (AvgIpc) is 2.92. The first-order valence-electron chi connectivity index (χ1n) is 13.3. The summed E-state index contributed by atoms with van der Waals surface area (Å²) in [6.07, 6.45) is 1.85. The molecule has 1 fully saturated rings. The van der Waals surface area contributed by atoms with Gasteiger partial charge in [0, 0.05) is 23.9 Å². The first kappa shape index (κ1) is 28.5. The van der Waals surface area contributed by atoms with E-state index in [2.05, 4.69) is 29.0 Å². The molecule has 3 aromatic rings. The summed E-state index contributed by atoms with van der Waals surface area (Å²) in [7, 11) is -3.39. The van der Waals surface area contributed by atoms with Crippen LogP contribution >= 0.6 is 0 Å². The predicted molar refractivity (Wildman–Crippen MR) is 153 cm³/mol. The summed E-state index contributed by atoms with van der Waals surface area (Å²) >= 11 is 0. The molecule has 0 saturated carbocycles. The van der Waals surface area contributed by atoms with E-state index in [1.807, 2.05) is 6.07 Å². The number of hydrogen-bond acceptors (Lipinski definition) is 8. The molecule has 1 saturated heterocycles. The molecule has 1 unspecified atom stereocenters. The Balaban J connectivity index is 1.58. The van der Waals surface area contributed by atoms with Crippen molar-refractivity contribution in [3.8, 4) is 17.1 Å². The number of anilines is 2. The zero-order chi connectivity index (χ0) is 27.8. The van der Waals surface area contributed by atoms with Crippen LogP contribution in [0.1, 0.15) is 45.7 Å². The maximum absolute atomic E-state index is 13.1. The highest BCUT2D eigenvalue weighted by Gasteiger charge is 2.25. The fraction of sp³-hybridized carbons (Fsp3) is 0.414. The molecule has 10 heteroatoms. The van der Waals surface area contributed by atoms with Crippen LogP contribution in [0.15, 0.2) is 60.7 Å². The number of hydrogen-bond donors (Lipinski definition) is 1. The molecule has 2 heterocycles. The third kappa shape index (κ3) is 7.77. The Hall–Kier alpha value is -3.50. The minimum atomic E-state index is -3.39. The van der Waals surface area contributed by atoms with Gasteiger partial charge >= 0.3 is 6.09 Å². The predicted octanol–water partition coefficient (Wildman–Crippen LogP) is 5.47. The Kier molecular flexibility index (Phi) is 9.53. The van der Waals surface area contributed by atoms with E-state index in [9.17, 15) is 13.2 Å². The molecule has 1 aliphatic heterocycles. The molecule has 1 aromatic heterocycles. The van der Waals surface area contributed by atoms with Crippen LogP contribution in [0.4, 0.5) is 16.3 Å². The molecule has 1 N–H and O–H groups in total. The van der Waals surface area contributed by atoms with Crippen LogP contribution in [0.2, 0.25) is 0 Å². The SMILES string of the molecule is CCCCC(C)S(=O)(=O)Cc1cc(N2CCOC[C@@H]2C)nc(-c2ccc(NC(=O)Oc3ccccc3)cc2)n1. The van der Waals surface area contributed by atoms with Gasteiger partial charge in [0.2, 0.25) is 0 Å². The third-order valence-electron chi connectivity index (χ3n) is 6.70. The van der Waals surface area contributed by atoms with Crippen molar-refractivity contribution in [2.45, 2.75) is 57.1 Å². The van der Waals surface area contributed by atoms with Crippen molar-refractivity contribution in [2.75, 3.05) is 30.0 Å². The number of para-hydroxylation sites is 1.